The van der Waals surface area contributed by atoms with E-state index in [0.717, 1.165) is 11.8 Å². The van der Waals surface area contributed by atoms with Crippen LogP contribution in [0.15, 0.2) is 48.5 Å². The van der Waals surface area contributed by atoms with Crippen molar-refractivity contribution in [3.8, 4) is 5.75 Å². The molecule has 8 nitrogen and oxygen atoms in total. The van der Waals surface area contributed by atoms with Gasteiger partial charge in [0.2, 0.25) is 21.8 Å². The number of likely N-dealkylation sites (N-methyl/N-ethyl adjacent to an activating group) is 1. The first-order valence-corrected chi connectivity index (χ1v) is 13.2. The first kappa shape index (κ1) is 27.5. The normalized spacial score (nSPS) is 12.0. The summed E-state index contributed by atoms with van der Waals surface area (Å²) in [6.07, 6.45) is 1.45. The highest BCUT2D eigenvalue weighted by molar-refractivity contribution is 7.92. The number of amides is 2. The number of nitrogens with one attached hydrogen (secondary N) is 1. The average Bonchev–Trinajstić information content (AvgIpc) is 2.79. The second kappa shape index (κ2) is 12.6. The van der Waals surface area contributed by atoms with Crippen molar-refractivity contribution >= 4 is 39.1 Å². The van der Waals surface area contributed by atoms with E-state index in [1.165, 1.54) is 22.4 Å². The quantitative estimate of drug-likeness (QED) is 0.472. The summed E-state index contributed by atoms with van der Waals surface area (Å²) in [5, 5.41) is 3.04. The Morgan fingerprint density at radius 3 is 2.38 bits per heavy atom. The van der Waals surface area contributed by atoms with Crippen molar-refractivity contribution in [3.63, 3.8) is 0 Å². The molecule has 1 N–H and O–H groups in total. The smallest absolute Gasteiger partial charge is 0.242 e. The predicted octanol–water partition coefficient (Wildman–Crippen LogP) is 3.45. The molecule has 0 aromatic heterocycles. The van der Waals surface area contributed by atoms with Crippen molar-refractivity contribution in [1.82, 2.24) is 10.2 Å². The molecule has 2 aromatic carbocycles. The zero-order valence-electron chi connectivity index (χ0n) is 20.0. The van der Waals surface area contributed by atoms with Crippen molar-refractivity contribution in [1.29, 1.82) is 0 Å². The van der Waals surface area contributed by atoms with Gasteiger partial charge in [-0.15, -0.1) is 0 Å². The van der Waals surface area contributed by atoms with Crippen LogP contribution in [0.3, 0.4) is 0 Å². The molecule has 0 bridgehead atoms. The molecule has 34 heavy (non-hydrogen) atoms. The van der Waals surface area contributed by atoms with Crippen LogP contribution in [0.2, 0.25) is 5.02 Å². The van der Waals surface area contributed by atoms with E-state index in [-0.39, 0.29) is 42.8 Å². The fourth-order valence-electron chi connectivity index (χ4n) is 3.50. The zero-order valence-corrected chi connectivity index (χ0v) is 21.5. The molecule has 0 saturated carbocycles. The third kappa shape index (κ3) is 7.63. The third-order valence-corrected chi connectivity index (χ3v) is 6.78. The molecule has 2 amide bonds. The lowest BCUT2D eigenvalue weighted by Gasteiger charge is -2.29. The van der Waals surface area contributed by atoms with E-state index in [2.05, 4.69) is 5.32 Å². The largest absolute Gasteiger partial charge is 0.495 e. The van der Waals surface area contributed by atoms with Crippen molar-refractivity contribution in [2.45, 2.75) is 39.3 Å². The topological polar surface area (TPSA) is 96.0 Å². The number of hydrogen-bond acceptors (Lipinski definition) is 5. The summed E-state index contributed by atoms with van der Waals surface area (Å²) in [5.74, 6) is -0.0359. The molecule has 186 valence electrons. The fourth-order valence-corrected chi connectivity index (χ4v) is 4.71. The molecule has 0 spiro atoms. The van der Waals surface area contributed by atoms with E-state index in [0.29, 0.717) is 18.0 Å². The number of carbonyl (C=O) groups excluding carboxylic acids is 2. The number of benzene rings is 2. The standard InChI is InChI=1S/C24H32ClN3O5S/c1-5-26-24(30)18(2)27(17-19-10-7-6-8-11-19)23(29)12-9-15-28(34(4,31)32)20-13-14-22(33-3)21(25)16-20/h6-8,10-11,13-14,16,18H,5,9,12,15,17H2,1-4H3,(H,26,30)/t18-/m0/s1. The number of ether oxygens (including phenoxy) is 1. The minimum absolute atomic E-state index is 0.0759. The van der Waals surface area contributed by atoms with E-state index in [9.17, 15) is 18.0 Å². The average molecular weight is 510 g/mol. The van der Waals surface area contributed by atoms with Gasteiger partial charge >= 0.3 is 0 Å². The minimum atomic E-state index is -3.61. The molecule has 10 heteroatoms. The van der Waals surface area contributed by atoms with E-state index < -0.39 is 16.1 Å². The molecule has 0 unspecified atom stereocenters. The lowest BCUT2D eigenvalue weighted by molar-refractivity contribution is -0.140. The zero-order chi connectivity index (χ0) is 25.3. The predicted molar refractivity (Wildman–Crippen MR) is 135 cm³/mol. The number of rotatable bonds is 12. The summed E-state index contributed by atoms with van der Waals surface area (Å²) in [7, 11) is -2.14. The fraction of sp³-hybridized carbons (Fsp3) is 0.417. The monoisotopic (exact) mass is 509 g/mol. The molecular weight excluding hydrogens is 478 g/mol. The van der Waals surface area contributed by atoms with Crippen molar-refractivity contribution in [2.24, 2.45) is 0 Å². The number of carbonyl (C=O) groups is 2. The highest BCUT2D eigenvalue weighted by atomic mass is 35.5. The van der Waals surface area contributed by atoms with Crippen molar-refractivity contribution in [3.05, 3.63) is 59.1 Å². The van der Waals surface area contributed by atoms with Gasteiger partial charge in [0.25, 0.3) is 0 Å². The van der Waals surface area contributed by atoms with Crippen LogP contribution in [-0.4, -0.2) is 57.6 Å². The van der Waals surface area contributed by atoms with Crippen LogP contribution in [-0.2, 0) is 26.2 Å². The highest BCUT2D eigenvalue weighted by Gasteiger charge is 2.26. The Morgan fingerprint density at radius 1 is 1.15 bits per heavy atom. The molecule has 0 heterocycles. The van der Waals surface area contributed by atoms with Crippen LogP contribution < -0.4 is 14.4 Å². The van der Waals surface area contributed by atoms with Gasteiger partial charge in [-0.25, -0.2) is 8.42 Å². The second-order valence-corrected chi connectivity index (χ2v) is 10.1. The summed E-state index contributed by atoms with van der Waals surface area (Å²) >= 11 is 6.17. The van der Waals surface area contributed by atoms with Gasteiger partial charge in [-0.2, -0.15) is 0 Å². The van der Waals surface area contributed by atoms with Crippen molar-refractivity contribution in [2.75, 3.05) is 30.8 Å². The Morgan fingerprint density at radius 2 is 1.82 bits per heavy atom. The van der Waals surface area contributed by atoms with Crippen LogP contribution in [0, 0.1) is 0 Å². The molecule has 2 rings (SSSR count). The summed E-state index contributed by atoms with van der Waals surface area (Å²) in [6, 6.07) is 13.5. The Labute approximate surface area is 206 Å². The summed E-state index contributed by atoms with van der Waals surface area (Å²) < 4.78 is 31.2. The van der Waals surface area contributed by atoms with E-state index >= 15 is 0 Å². The SMILES string of the molecule is CCNC(=O)[C@H](C)N(Cc1ccccc1)C(=O)CCCN(c1ccc(OC)c(Cl)c1)S(C)(=O)=O. The molecule has 0 aliphatic carbocycles. The Kier molecular flexibility index (Phi) is 10.2. The van der Waals surface area contributed by atoms with Gasteiger partial charge in [-0.05, 0) is 44.0 Å². The van der Waals surface area contributed by atoms with E-state index in [1.54, 1.807) is 19.1 Å². The second-order valence-electron chi connectivity index (χ2n) is 7.84. The lowest BCUT2D eigenvalue weighted by Crippen LogP contribution is -2.47. The number of nitrogens with zero attached hydrogens (tertiary/aromatic N) is 2. The van der Waals surface area contributed by atoms with Crippen LogP contribution in [0.1, 0.15) is 32.3 Å². The van der Waals surface area contributed by atoms with Gasteiger partial charge in [-0.3, -0.25) is 13.9 Å². The summed E-state index contributed by atoms with van der Waals surface area (Å²) in [6.45, 7) is 4.33. The summed E-state index contributed by atoms with van der Waals surface area (Å²) in [5.41, 5.74) is 1.29. The molecular formula is C24H32ClN3O5S. The van der Waals surface area contributed by atoms with Gasteiger partial charge in [0.1, 0.15) is 11.8 Å². The maximum Gasteiger partial charge on any atom is 0.242 e. The molecule has 0 saturated heterocycles. The van der Waals surface area contributed by atoms with Crippen LogP contribution in [0.5, 0.6) is 5.75 Å². The molecule has 0 radical (unpaired) electrons. The van der Waals surface area contributed by atoms with Crippen LogP contribution in [0.25, 0.3) is 0 Å². The number of halogens is 1. The maximum atomic E-state index is 13.1. The van der Waals surface area contributed by atoms with Crippen LogP contribution in [0.4, 0.5) is 5.69 Å². The van der Waals surface area contributed by atoms with Gasteiger partial charge in [0.15, 0.2) is 0 Å². The first-order chi connectivity index (χ1) is 16.1. The molecule has 0 aliphatic heterocycles. The number of methoxy groups -OCH3 is 1. The van der Waals surface area contributed by atoms with Crippen LogP contribution >= 0.6 is 11.6 Å². The van der Waals surface area contributed by atoms with Gasteiger partial charge in [0, 0.05) is 26.1 Å². The minimum Gasteiger partial charge on any atom is -0.495 e. The van der Waals surface area contributed by atoms with Gasteiger partial charge in [0.05, 0.1) is 24.1 Å². The van der Waals surface area contributed by atoms with Gasteiger partial charge in [-0.1, -0.05) is 41.9 Å². The number of sulfonamides is 1. The molecule has 0 aliphatic rings. The highest BCUT2D eigenvalue weighted by Crippen LogP contribution is 2.30. The van der Waals surface area contributed by atoms with E-state index in [4.69, 9.17) is 16.3 Å². The Hall–Kier alpha value is -2.78. The van der Waals surface area contributed by atoms with E-state index in [1.807, 2.05) is 37.3 Å². The van der Waals surface area contributed by atoms with Gasteiger partial charge < -0.3 is 15.0 Å². The lowest BCUT2D eigenvalue weighted by atomic mass is 10.1. The number of anilines is 1. The first-order valence-electron chi connectivity index (χ1n) is 11.0. The third-order valence-electron chi connectivity index (χ3n) is 5.29. The Bertz CT molecular complexity index is 1080. The number of hydrogen-bond donors (Lipinski definition) is 1. The Balaban J connectivity index is 2.15. The van der Waals surface area contributed by atoms with Crippen molar-refractivity contribution < 1.29 is 22.7 Å². The molecule has 2 aromatic rings. The maximum absolute atomic E-state index is 13.1. The molecule has 1 atom stereocenters. The molecule has 0 fully saturated rings. The summed E-state index contributed by atoms with van der Waals surface area (Å²) in [4.78, 5) is 27.1.